The molecule has 154 valence electrons. The van der Waals surface area contributed by atoms with Gasteiger partial charge >= 0.3 is 0 Å². The number of anilines is 1. The minimum atomic E-state index is -0.245. The molecule has 0 atom stereocenters. The summed E-state index contributed by atoms with van der Waals surface area (Å²) in [4.78, 5) is 22.2. The van der Waals surface area contributed by atoms with E-state index in [1.54, 1.807) is 23.5 Å². The van der Waals surface area contributed by atoms with Crippen LogP contribution < -0.4 is 15.7 Å². The van der Waals surface area contributed by atoms with Crippen molar-refractivity contribution in [2.75, 3.05) is 31.1 Å². The summed E-state index contributed by atoms with van der Waals surface area (Å²) >= 11 is 0. The normalized spacial score (nSPS) is 15.1. The summed E-state index contributed by atoms with van der Waals surface area (Å²) in [5, 5.41) is 10.3. The van der Waals surface area contributed by atoms with Crippen molar-refractivity contribution in [2.45, 2.75) is 6.92 Å². The van der Waals surface area contributed by atoms with Gasteiger partial charge in [-0.1, -0.05) is 12.1 Å². The van der Waals surface area contributed by atoms with E-state index in [0.29, 0.717) is 33.0 Å². The highest BCUT2D eigenvalue weighted by Gasteiger charge is 2.19. The Hall–Kier alpha value is -3.92. The average molecular weight is 413 g/mol. The van der Waals surface area contributed by atoms with Gasteiger partial charge in [-0.05, 0) is 48.9 Å². The molecule has 5 rings (SSSR count). The second kappa shape index (κ2) is 7.40. The predicted octanol–water partition coefficient (Wildman–Crippen LogP) is 2.45. The summed E-state index contributed by atoms with van der Waals surface area (Å²) in [5.41, 5.74) is 3.70. The topological polar surface area (TPSA) is 64.6 Å². The minimum absolute atomic E-state index is 0.166. The Labute approximate surface area is 178 Å². The average Bonchev–Trinajstić information content (AvgIpc) is 3.17. The van der Waals surface area contributed by atoms with Crippen LogP contribution in [0.2, 0.25) is 0 Å². The number of piperazine rings is 1. The molecule has 1 aliphatic rings. The second-order valence-corrected chi connectivity index (χ2v) is 7.72. The first kappa shape index (κ1) is 19.1. The van der Waals surface area contributed by atoms with E-state index in [4.69, 9.17) is 0 Å². The van der Waals surface area contributed by atoms with Crippen LogP contribution in [-0.2, 0) is 0 Å². The number of pyridine rings is 1. The molecule has 0 saturated carbocycles. The molecular formula is C24H20FN5O. The zero-order valence-corrected chi connectivity index (χ0v) is 17.0. The number of aromatic nitrogens is 2. The van der Waals surface area contributed by atoms with Gasteiger partial charge in [0.2, 0.25) is 0 Å². The Morgan fingerprint density at radius 3 is 2.48 bits per heavy atom. The molecule has 4 aromatic rings. The van der Waals surface area contributed by atoms with E-state index in [0.717, 1.165) is 31.9 Å². The fraction of sp³-hybridized carbons (Fsp3) is 0.208. The fourth-order valence-corrected chi connectivity index (χ4v) is 4.21. The monoisotopic (exact) mass is 413 g/mol. The molecule has 1 fully saturated rings. The Balaban J connectivity index is 1.54. The molecule has 0 aliphatic carbocycles. The summed E-state index contributed by atoms with van der Waals surface area (Å²) < 4.78 is 14.7. The van der Waals surface area contributed by atoms with Crippen molar-refractivity contribution in [2.24, 2.45) is 0 Å². The van der Waals surface area contributed by atoms with Crippen molar-refractivity contribution >= 4 is 28.6 Å². The number of imidazole rings is 1. The third-order valence-electron chi connectivity index (χ3n) is 5.93. The molecule has 0 amide bonds. The van der Waals surface area contributed by atoms with E-state index >= 15 is 0 Å². The summed E-state index contributed by atoms with van der Waals surface area (Å²) in [5.74, 6) is -0.245. The van der Waals surface area contributed by atoms with Crippen LogP contribution in [0, 0.1) is 24.1 Å². The molecule has 0 radical (unpaired) electrons. The summed E-state index contributed by atoms with van der Waals surface area (Å²) in [6, 6.07) is 16.2. The molecule has 0 N–H and O–H groups in total. The van der Waals surface area contributed by atoms with E-state index in [9.17, 15) is 14.4 Å². The first-order chi connectivity index (χ1) is 15.1. The van der Waals surface area contributed by atoms with E-state index < -0.39 is 0 Å². The highest BCUT2D eigenvalue weighted by Crippen LogP contribution is 2.19. The van der Waals surface area contributed by atoms with Gasteiger partial charge in [0.25, 0.3) is 5.56 Å². The van der Waals surface area contributed by atoms with Crippen molar-refractivity contribution in [1.29, 1.82) is 5.26 Å². The lowest BCUT2D eigenvalue weighted by atomic mass is 10.1. The van der Waals surface area contributed by atoms with Crippen molar-refractivity contribution in [3.63, 3.8) is 0 Å². The molecule has 1 saturated heterocycles. The molecule has 0 bridgehead atoms. The van der Waals surface area contributed by atoms with Crippen LogP contribution in [-0.4, -0.2) is 40.5 Å². The number of nitrogens with zero attached hydrogens (tertiary/aromatic N) is 5. The number of halogens is 1. The smallest absolute Gasteiger partial charge is 0.265 e. The van der Waals surface area contributed by atoms with Gasteiger partial charge in [0.1, 0.15) is 11.9 Å². The maximum Gasteiger partial charge on any atom is 0.265 e. The van der Waals surface area contributed by atoms with Crippen LogP contribution in [0.5, 0.6) is 0 Å². The zero-order valence-electron chi connectivity index (χ0n) is 17.0. The third kappa shape index (κ3) is 3.17. The number of rotatable bonds is 2. The number of hydrogen-bond donors (Lipinski definition) is 0. The Kier molecular flexibility index (Phi) is 4.55. The standard InChI is InChI=1S/C24H20FN5O/c1-16-19(14-26)23-27-21-4-2-3-5-22(21)30(23)24(31)20(16)15-28-10-12-29(13-11-28)18-8-6-17(25)7-9-18/h2-9,15H,10-13H2,1H3. The summed E-state index contributed by atoms with van der Waals surface area (Å²) in [6.07, 6.45) is 1.87. The SMILES string of the molecule is Cc1c(C#N)c2nc3ccccc3n2c(=O)c1=CN1CCN(c2ccc(F)cc2)CC1. The quantitative estimate of drug-likeness (QED) is 0.505. The lowest BCUT2D eigenvalue weighted by molar-refractivity contribution is 0.378. The molecule has 6 nitrogen and oxygen atoms in total. The van der Waals surface area contributed by atoms with Crippen LogP contribution in [0.1, 0.15) is 11.1 Å². The van der Waals surface area contributed by atoms with Gasteiger partial charge in [-0.15, -0.1) is 0 Å². The zero-order chi connectivity index (χ0) is 21.5. The molecule has 1 aliphatic heterocycles. The van der Waals surface area contributed by atoms with Crippen molar-refractivity contribution in [3.8, 4) is 6.07 Å². The van der Waals surface area contributed by atoms with Crippen molar-refractivity contribution in [3.05, 3.63) is 81.0 Å². The molecule has 3 heterocycles. The van der Waals surface area contributed by atoms with Crippen LogP contribution in [0.25, 0.3) is 22.9 Å². The molecule has 2 aromatic carbocycles. The van der Waals surface area contributed by atoms with Gasteiger partial charge < -0.3 is 9.80 Å². The van der Waals surface area contributed by atoms with Gasteiger partial charge in [0, 0.05) is 38.1 Å². The van der Waals surface area contributed by atoms with Crippen LogP contribution in [0.4, 0.5) is 10.1 Å². The maximum atomic E-state index is 13.4. The third-order valence-corrected chi connectivity index (χ3v) is 5.93. The van der Waals surface area contributed by atoms with E-state index in [1.165, 1.54) is 12.1 Å². The summed E-state index contributed by atoms with van der Waals surface area (Å²) in [6.45, 7) is 4.77. The van der Waals surface area contributed by atoms with E-state index in [1.807, 2.05) is 30.5 Å². The molecule has 7 heteroatoms. The highest BCUT2D eigenvalue weighted by molar-refractivity contribution is 5.82. The Morgan fingerprint density at radius 2 is 1.77 bits per heavy atom. The first-order valence-electron chi connectivity index (χ1n) is 10.2. The molecule has 2 aromatic heterocycles. The van der Waals surface area contributed by atoms with Gasteiger partial charge in [-0.3, -0.25) is 9.20 Å². The highest BCUT2D eigenvalue weighted by atomic mass is 19.1. The van der Waals surface area contributed by atoms with E-state index in [-0.39, 0.29) is 11.4 Å². The number of fused-ring (bicyclic) bond motifs is 3. The van der Waals surface area contributed by atoms with E-state index in [2.05, 4.69) is 20.9 Å². The van der Waals surface area contributed by atoms with Crippen LogP contribution in [0.15, 0.2) is 53.3 Å². The predicted molar refractivity (Wildman–Crippen MR) is 118 cm³/mol. The lowest BCUT2D eigenvalue weighted by Gasteiger charge is -2.35. The molecular weight excluding hydrogens is 393 g/mol. The van der Waals surface area contributed by atoms with Crippen molar-refractivity contribution in [1.82, 2.24) is 14.3 Å². The molecule has 0 spiro atoms. The van der Waals surface area contributed by atoms with Gasteiger partial charge in [0.15, 0.2) is 5.65 Å². The maximum absolute atomic E-state index is 13.4. The summed E-state index contributed by atoms with van der Waals surface area (Å²) in [7, 11) is 0. The Morgan fingerprint density at radius 1 is 1.06 bits per heavy atom. The van der Waals surface area contributed by atoms with Gasteiger partial charge in [-0.25, -0.2) is 9.37 Å². The van der Waals surface area contributed by atoms with Gasteiger partial charge in [0.05, 0.1) is 21.8 Å². The fourth-order valence-electron chi connectivity index (χ4n) is 4.21. The van der Waals surface area contributed by atoms with Gasteiger partial charge in [-0.2, -0.15) is 5.26 Å². The van der Waals surface area contributed by atoms with Crippen LogP contribution >= 0.6 is 0 Å². The Bertz CT molecular complexity index is 1440. The number of benzene rings is 2. The number of para-hydroxylation sites is 2. The first-order valence-corrected chi connectivity index (χ1v) is 10.2. The van der Waals surface area contributed by atoms with Crippen molar-refractivity contribution < 1.29 is 4.39 Å². The number of nitriles is 1. The largest absolute Gasteiger partial charge is 0.373 e. The molecule has 0 unspecified atom stereocenters. The van der Waals surface area contributed by atoms with Crippen LogP contribution in [0.3, 0.4) is 0 Å². The lowest BCUT2D eigenvalue weighted by Crippen LogP contribution is -2.46. The minimum Gasteiger partial charge on any atom is -0.373 e. The number of hydrogen-bond acceptors (Lipinski definition) is 5. The second-order valence-electron chi connectivity index (χ2n) is 7.72. The molecule has 31 heavy (non-hydrogen) atoms.